The van der Waals surface area contributed by atoms with Crippen LogP contribution in [0.25, 0.3) is 11.3 Å². The molecule has 25 heavy (non-hydrogen) atoms. The fraction of sp³-hybridized carbons (Fsp3) is 0.111. The number of sulfone groups is 1. The van der Waals surface area contributed by atoms with Crippen molar-refractivity contribution in [2.45, 2.75) is 11.8 Å². The smallest absolute Gasteiger partial charge is 0.410 e. The minimum atomic E-state index is -3.25. The molecular formula is C18H16N2O4S. The van der Waals surface area contributed by atoms with Crippen LogP contribution >= 0.6 is 0 Å². The van der Waals surface area contributed by atoms with Crippen LogP contribution < -0.4 is 4.74 Å². The maximum atomic E-state index is 12.2. The van der Waals surface area contributed by atoms with Crippen LogP contribution in [0.3, 0.4) is 0 Å². The zero-order valence-corrected chi connectivity index (χ0v) is 14.5. The van der Waals surface area contributed by atoms with Gasteiger partial charge in [-0.15, -0.1) is 0 Å². The van der Waals surface area contributed by atoms with Gasteiger partial charge in [-0.1, -0.05) is 29.8 Å². The molecule has 2 aromatic carbocycles. The number of nitrogens with zero attached hydrogens (tertiary/aromatic N) is 2. The molecule has 0 amide bonds. The van der Waals surface area contributed by atoms with Gasteiger partial charge >= 0.3 is 6.09 Å². The average molecular weight is 356 g/mol. The lowest BCUT2D eigenvalue weighted by atomic mass is 10.2. The number of benzene rings is 2. The zero-order valence-electron chi connectivity index (χ0n) is 13.7. The molecular weight excluding hydrogens is 340 g/mol. The Hall–Kier alpha value is -2.93. The van der Waals surface area contributed by atoms with E-state index >= 15 is 0 Å². The van der Waals surface area contributed by atoms with Gasteiger partial charge in [-0.3, -0.25) is 0 Å². The van der Waals surface area contributed by atoms with Gasteiger partial charge in [0.25, 0.3) is 0 Å². The topological polar surface area (TPSA) is 78.3 Å². The van der Waals surface area contributed by atoms with E-state index in [0.717, 1.165) is 11.8 Å². The second kappa shape index (κ2) is 6.52. The zero-order chi connectivity index (χ0) is 18.0. The summed E-state index contributed by atoms with van der Waals surface area (Å²) in [5.74, 6) is 0.448. The van der Waals surface area contributed by atoms with Crippen LogP contribution in [0.2, 0.25) is 0 Å². The van der Waals surface area contributed by atoms with Crippen molar-refractivity contribution in [3.63, 3.8) is 0 Å². The molecule has 7 heteroatoms. The summed E-state index contributed by atoms with van der Waals surface area (Å²) in [7, 11) is -3.25. The number of imidazole rings is 1. The van der Waals surface area contributed by atoms with Crippen molar-refractivity contribution >= 4 is 15.9 Å². The van der Waals surface area contributed by atoms with Gasteiger partial charge in [-0.05, 0) is 31.2 Å². The highest BCUT2D eigenvalue weighted by atomic mass is 32.2. The number of carbonyl (C=O) groups excluding carboxylic acids is 1. The molecule has 128 valence electrons. The standard InChI is InChI=1S/C18H16N2O4S/c1-13-3-7-15(8-4-13)24-18(21)20-11-17(19-12-20)14-5-9-16(10-6-14)25(2,22)23/h3-12H,1-2H3. The Morgan fingerprint density at radius 1 is 1.04 bits per heavy atom. The van der Waals surface area contributed by atoms with Crippen molar-refractivity contribution in [1.82, 2.24) is 9.55 Å². The van der Waals surface area contributed by atoms with Gasteiger partial charge < -0.3 is 4.74 Å². The number of aromatic nitrogens is 2. The Bertz CT molecular complexity index is 1000. The summed E-state index contributed by atoms with van der Waals surface area (Å²) in [6.07, 6.45) is 3.47. The van der Waals surface area contributed by atoms with E-state index in [1.807, 2.05) is 19.1 Å². The van der Waals surface area contributed by atoms with E-state index in [1.54, 1.807) is 24.3 Å². The van der Waals surface area contributed by atoms with Gasteiger partial charge in [0.15, 0.2) is 9.84 Å². The first-order chi connectivity index (χ1) is 11.8. The highest BCUT2D eigenvalue weighted by Crippen LogP contribution is 2.20. The van der Waals surface area contributed by atoms with Crippen molar-refractivity contribution in [3.05, 3.63) is 66.6 Å². The van der Waals surface area contributed by atoms with Crippen molar-refractivity contribution in [2.24, 2.45) is 0 Å². The molecule has 0 aliphatic carbocycles. The normalized spacial score (nSPS) is 11.3. The quantitative estimate of drug-likeness (QED) is 0.719. The molecule has 0 bridgehead atoms. The lowest BCUT2D eigenvalue weighted by Crippen LogP contribution is -2.14. The maximum absolute atomic E-state index is 12.2. The minimum Gasteiger partial charge on any atom is -0.410 e. The van der Waals surface area contributed by atoms with E-state index in [1.165, 1.54) is 29.2 Å². The van der Waals surface area contributed by atoms with Crippen LogP contribution in [0.1, 0.15) is 5.56 Å². The molecule has 0 N–H and O–H groups in total. The number of carbonyl (C=O) groups is 1. The molecule has 0 spiro atoms. The first-order valence-electron chi connectivity index (χ1n) is 7.46. The Kier molecular flexibility index (Phi) is 4.41. The Morgan fingerprint density at radius 2 is 1.68 bits per heavy atom. The van der Waals surface area contributed by atoms with Crippen LogP contribution in [-0.2, 0) is 9.84 Å². The summed E-state index contributed by atoms with van der Waals surface area (Å²) in [6.45, 7) is 1.95. The van der Waals surface area contributed by atoms with Gasteiger partial charge in [0.05, 0.1) is 10.6 Å². The molecule has 0 radical (unpaired) electrons. The summed E-state index contributed by atoms with van der Waals surface area (Å²) in [6, 6.07) is 13.5. The third-order valence-corrected chi connectivity index (χ3v) is 4.73. The van der Waals surface area contributed by atoms with Gasteiger partial charge in [0, 0.05) is 18.0 Å². The maximum Gasteiger partial charge on any atom is 0.424 e. The molecule has 3 rings (SSSR count). The fourth-order valence-electron chi connectivity index (χ4n) is 2.20. The summed E-state index contributed by atoms with van der Waals surface area (Å²) < 4.78 is 29.5. The molecule has 1 heterocycles. The fourth-order valence-corrected chi connectivity index (χ4v) is 2.83. The summed E-state index contributed by atoms with van der Waals surface area (Å²) in [4.78, 5) is 16.5. The summed E-state index contributed by atoms with van der Waals surface area (Å²) >= 11 is 0. The molecule has 0 saturated heterocycles. The SMILES string of the molecule is Cc1ccc(OC(=O)n2cnc(-c3ccc(S(C)(=O)=O)cc3)c2)cc1. The van der Waals surface area contributed by atoms with Gasteiger partial charge in [-0.25, -0.2) is 22.8 Å². The van der Waals surface area contributed by atoms with Crippen LogP contribution in [-0.4, -0.2) is 30.3 Å². The van der Waals surface area contributed by atoms with E-state index in [4.69, 9.17) is 4.74 Å². The molecule has 3 aromatic rings. The lowest BCUT2D eigenvalue weighted by Gasteiger charge is -2.04. The third kappa shape index (κ3) is 3.95. The molecule has 1 aromatic heterocycles. The Morgan fingerprint density at radius 3 is 2.28 bits per heavy atom. The first-order valence-corrected chi connectivity index (χ1v) is 9.35. The van der Waals surface area contributed by atoms with Gasteiger partial charge in [0.2, 0.25) is 0 Å². The van der Waals surface area contributed by atoms with Crippen LogP contribution in [0.5, 0.6) is 5.75 Å². The molecule has 0 atom stereocenters. The van der Waals surface area contributed by atoms with Gasteiger partial charge in [0.1, 0.15) is 12.1 Å². The van der Waals surface area contributed by atoms with Crippen molar-refractivity contribution < 1.29 is 17.9 Å². The van der Waals surface area contributed by atoms with E-state index in [2.05, 4.69) is 4.98 Å². The number of hydrogen-bond donors (Lipinski definition) is 0. The summed E-state index contributed by atoms with van der Waals surface area (Å²) in [5, 5.41) is 0. The lowest BCUT2D eigenvalue weighted by molar-refractivity contribution is 0.202. The number of ether oxygens (including phenoxy) is 1. The second-order valence-corrected chi connectivity index (χ2v) is 7.66. The van der Waals surface area contributed by atoms with E-state index in [0.29, 0.717) is 17.0 Å². The van der Waals surface area contributed by atoms with Crippen molar-refractivity contribution in [3.8, 4) is 17.0 Å². The second-order valence-electron chi connectivity index (χ2n) is 5.64. The minimum absolute atomic E-state index is 0.231. The molecule has 0 aliphatic heterocycles. The third-order valence-electron chi connectivity index (χ3n) is 3.60. The van der Waals surface area contributed by atoms with Gasteiger partial charge in [-0.2, -0.15) is 0 Å². The highest BCUT2D eigenvalue weighted by Gasteiger charge is 2.12. The monoisotopic (exact) mass is 356 g/mol. The number of rotatable bonds is 3. The molecule has 6 nitrogen and oxygen atoms in total. The molecule has 0 unspecified atom stereocenters. The molecule has 0 saturated carbocycles. The van der Waals surface area contributed by atoms with Crippen LogP contribution in [0.15, 0.2) is 66.0 Å². The van der Waals surface area contributed by atoms with Crippen LogP contribution in [0, 0.1) is 6.92 Å². The first kappa shape index (κ1) is 16.9. The molecule has 0 aliphatic rings. The van der Waals surface area contributed by atoms with E-state index in [9.17, 15) is 13.2 Å². The Labute approximate surface area is 145 Å². The molecule has 0 fully saturated rings. The van der Waals surface area contributed by atoms with E-state index in [-0.39, 0.29) is 4.90 Å². The largest absolute Gasteiger partial charge is 0.424 e. The predicted octanol–water partition coefficient (Wildman–Crippen LogP) is 3.31. The van der Waals surface area contributed by atoms with E-state index < -0.39 is 15.9 Å². The number of aryl methyl sites for hydroxylation is 1. The van der Waals surface area contributed by atoms with Crippen molar-refractivity contribution in [2.75, 3.05) is 6.26 Å². The average Bonchev–Trinajstić information content (AvgIpc) is 3.06. The summed E-state index contributed by atoms with van der Waals surface area (Å²) in [5.41, 5.74) is 2.32. The van der Waals surface area contributed by atoms with Crippen molar-refractivity contribution in [1.29, 1.82) is 0 Å². The Balaban J connectivity index is 1.77. The van der Waals surface area contributed by atoms with Crippen LogP contribution in [0.4, 0.5) is 4.79 Å². The predicted molar refractivity (Wildman–Crippen MR) is 93.4 cm³/mol. The highest BCUT2D eigenvalue weighted by molar-refractivity contribution is 7.90. The number of hydrogen-bond acceptors (Lipinski definition) is 5.